The Morgan fingerprint density at radius 2 is 1.02 bits per heavy atom. The molecule has 0 aliphatic carbocycles. The standard InChI is InChI=1S/C43H38O5/c44-40-20-10-18-36(25-40)24-39(32-45-28-33-12-4-1-5-13-33)38-22-23-42(43(27-38)48-30-35-16-8-3-9-17-35)47-31-37-19-11-21-41(26-37)46-29-34-14-6-2-7-15-34/h1-23,25-27,32,44H,24,28-31H2. The van der Waals surface area contributed by atoms with E-state index in [2.05, 4.69) is 0 Å². The van der Waals surface area contributed by atoms with Crippen molar-refractivity contribution in [1.29, 1.82) is 0 Å². The van der Waals surface area contributed by atoms with Crippen molar-refractivity contribution in [2.45, 2.75) is 32.8 Å². The van der Waals surface area contributed by atoms with Gasteiger partial charge in [-0.25, -0.2) is 0 Å². The highest BCUT2D eigenvalue weighted by atomic mass is 16.5. The van der Waals surface area contributed by atoms with Crippen LogP contribution in [-0.2, 0) is 37.6 Å². The van der Waals surface area contributed by atoms with Crippen LogP contribution in [0.1, 0.15) is 33.4 Å². The lowest BCUT2D eigenvalue weighted by Gasteiger charge is -2.17. The lowest BCUT2D eigenvalue weighted by atomic mass is 9.98. The summed E-state index contributed by atoms with van der Waals surface area (Å²) < 4.78 is 24.9. The Morgan fingerprint density at radius 3 is 1.71 bits per heavy atom. The van der Waals surface area contributed by atoms with Crippen LogP contribution in [0.3, 0.4) is 0 Å². The summed E-state index contributed by atoms with van der Waals surface area (Å²) in [7, 11) is 0. The average molecular weight is 635 g/mol. The molecule has 0 atom stereocenters. The summed E-state index contributed by atoms with van der Waals surface area (Å²) in [6, 6.07) is 51.4. The van der Waals surface area contributed by atoms with E-state index in [4.69, 9.17) is 18.9 Å². The van der Waals surface area contributed by atoms with Crippen LogP contribution in [0.5, 0.6) is 23.0 Å². The lowest BCUT2D eigenvalue weighted by molar-refractivity contribution is 0.237. The van der Waals surface area contributed by atoms with Crippen LogP contribution in [-0.4, -0.2) is 5.11 Å². The summed E-state index contributed by atoms with van der Waals surface area (Å²) in [5.74, 6) is 2.26. The predicted octanol–water partition coefficient (Wildman–Crippen LogP) is 9.93. The molecular weight excluding hydrogens is 596 g/mol. The van der Waals surface area contributed by atoms with E-state index in [9.17, 15) is 5.11 Å². The maximum Gasteiger partial charge on any atom is 0.162 e. The largest absolute Gasteiger partial charge is 0.508 e. The van der Waals surface area contributed by atoms with Crippen molar-refractivity contribution in [3.63, 3.8) is 0 Å². The van der Waals surface area contributed by atoms with Crippen LogP contribution in [0.2, 0.25) is 0 Å². The number of hydrogen-bond acceptors (Lipinski definition) is 5. The molecule has 0 saturated heterocycles. The Kier molecular flexibility index (Phi) is 11.1. The first-order valence-corrected chi connectivity index (χ1v) is 16.0. The minimum atomic E-state index is 0.224. The molecule has 1 N–H and O–H groups in total. The first-order valence-electron chi connectivity index (χ1n) is 16.0. The molecule has 0 unspecified atom stereocenters. The fourth-order valence-corrected chi connectivity index (χ4v) is 5.21. The quantitative estimate of drug-likeness (QED) is 0.114. The van der Waals surface area contributed by atoms with Gasteiger partial charge in [0.1, 0.15) is 37.9 Å². The van der Waals surface area contributed by atoms with Gasteiger partial charge in [-0.3, -0.25) is 0 Å². The first-order chi connectivity index (χ1) is 23.7. The maximum absolute atomic E-state index is 10.1. The molecule has 0 aromatic heterocycles. The van der Waals surface area contributed by atoms with E-state index in [1.54, 1.807) is 18.4 Å². The molecule has 5 heteroatoms. The van der Waals surface area contributed by atoms with Crippen LogP contribution >= 0.6 is 0 Å². The van der Waals surface area contributed by atoms with Gasteiger partial charge in [0, 0.05) is 6.42 Å². The number of aromatic hydroxyl groups is 1. The fourth-order valence-electron chi connectivity index (χ4n) is 5.21. The highest BCUT2D eigenvalue weighted by Gasteiger charge is 2.13. The van der Waals surface area contributed by atoms with Crippen LogP contribution in [0.4, 0.5) is 0 Å². The fraction of sp³-hybridized carbons (Fsp3) is 0.116. The Bertz CT molecular complexity index is 1900. The van der Waals surface area contributed by atoms with Crippen molar-refractivity contribution in [2.24, 2.45) is 0 Å². The van der Waals surface area contributed by atoms with Crippen molar-refractivity contribution in [1.82, 2.24) is 0 Å². The zero-order valence-corrected chi connectivity index (χ0v) is 26.7. The van der Waals surface area contributed by atoms with E-state index in [1.165, 1.54) is 0 Å². The number of phenols is 1. The average Bonchev–Trinajstić information content (AvgIpc) is 3.13. The molecule has 240 valence electrons. The molecule has 0 bridgehead atoms. The summed E-state index contributed by atoms with van der Waals surface area (Å²) in [6.45, 7) is 1.67. The molecule has 0 aliphatic heterocycles. The van der Waals surface area contributed by atoms with Gasteiger partial charge < -0.3 is 24.1 Å². The molecule has 48 heavy (non-hydrogen) atoms. The van der Waals surface area contributed by atoms with Gasteiger partial charge in [-0.15, -0.1) is 0 Å². The molecule has 0 spiro atoms. The highest BCUT2D eigenvalue weighted by molar-refractivity contribution is 5.69. The van der Waals surface area contributed by atoms with Crippen LogP contribution in [0.15, 0.2) is 164 Å². The second kappa shape index (κ2) is 16.6. The molecule has 0 heterocycles. The molecule has 0 aliphatic rings. The van der Waals surface area contributed by atoms with Gasteiger partial charge in [0.2, 0.25) is 0 Å². The number of benzene rings is 6. The van der Waals surface area contributed by atoms with E-state index in [0.717, 1.165) is 44.7 Å². The summed E-state index contributed by atoms with van der Waals surface area (Å²) in [4.78, 5) is 0. The maximum atomic E-state index is 10.1. The predicted molar refractivity (Wildman–Crippen MR) is 190 cm³/mol. The number of ether oxygens (including phenoxy) is 4. The Hall–Kier alpha value is -5.94. The van der Waals surface area contributed by atoms with Crippen molar-refractivity contribution in [3.8, 4) is 23.0 Å². The zero-order chi connectivity index (χ0) is 32.8. The van der Waals surface area contributed by atoms with Gasteiger partial charge >= 0.3 is 0 Å². The monoisotopic (exact) mass is 634 g/mol. The molecule has 6 aromatic rings. The van der Waals surface area contributed by atoms with E-state index in [1.807, 2.05) is 146 Å². The molecule has 0 saturated carbocycles. The molecule has 6 rings (SSSR count). The molecule has 0 radical (unpaired) electrons. The first kappa shape index (κ1) is 32.0. The van der Waals surface area contributed by atoms with Gasteiger partial charge in [-0.2, -0.15) is 0 Å². The molecule has 6 aromatic carbocycles. The number of phenolic OH excluding ortho intramolecular Hbond substituents is 1. The topological polar surface area (TPSA) is 57.2 Å². The van der Waals surface area contributed by atoms with Gasteiger partial charge in [0.25, 0.3) is 0 Å². The van der Waals surface area contributed by atoms with Gasteiger partial charge in [-0.1, -0.05) is 121 Å². The summed E-state index contributed by atoms with van der Waals surface area (Å²) in [6.07, 6.45) is 2.35. The van der Waals surface area contributed by atoms with Gasteiger partial charge in [0.05, 0.1) is 6.26 Å². The van der Waals surface area contributed by atoms with E-state index in [0.29, 0.717) is 44.3 Å². The van der Waals surface area contributed by atoms with Crippen molar-refractivity contribution in [3.05, 3.63) is 197 Å². The third-order valence-corrected chi connectivity index (χ3v) is 7.72. The van der Waals surface area contributed by atoms with Crippen LogP contribution < -0.4 is 14.2 Å². The van der Waals surface area contributed by atoms with Gasteiger partial charge in [-0.05, 0) is 75.4 Å². The minimum Gasteiger partial charge on any atom is -0.508 e. The highest BCUT2D eigenvalue weighted by Crippen LogP contribution is 2.34. The number of allylic oxidation sites excluding steroid dienone is 1. The van der Waals surface area contributed by atoms with E-state index >= 15 is 0 Å². The smallest absolute Gasteiger partial charge is 0.162 e. The summed E-state index contributed by atoms with van der Waals surface area (Å²) in [5, 5.41) is 10.1. The molecule has 0 amide bonds. The van der Waals surface area contributed by atoms with Gasteiger partial charge in [0.15, 0.2) is 11.5 Å². The SMILES string of the molecule is Oc1cccc(CC(=COCc2ccccc2)c2ccc(OCc3cccc(OCc4ccccc4)c3)c(OCc3ccccc3)c2)c1. The molecule has 0 fully saturated rings. The number of hydrogen-bond donors (Lipinski definition) is 1. The Morgan fingerprint density at radius 1 is 0.458 bits per heavy atom. The minimum absolute atomic E-state index is 0.224. The lowest BCUT2D eigenvalue weighted by Crippen LogP contribution is -2.02. The molecular formula is C43H38O5. The normalized spacial score (nSPS) is 11.1. The summed E-state index contributed by atoms with van der Waals surface area (Å²) in [5.41, 5.74) is 7.06. The van der Waals surface area contributed by atoms with Crippen LogP contribution in [0, 0.1) is 0 Å². The van der Waals surface area contributed by atoms with E-state index in [-0.39, 0.29) is 5.75 Å². The second-order valence-electron chi connectivity index (χ2n) is 11.4. The molecule has 5 nitrogen and oxygen atoms in total. The van der Waals surface area contributed by atoms with Crippen molar-refractivity contribution >= 4 is 5.57 Å². The second-order valence-corrected chi connectivity index (χ2v) is 11.4. The third-order valence-electron chi connectivity index (χ3n) is 7.72. The summed E-state index contributed by atoms with van der Waals surface area (Å²) >= 11 is 0. The Balaban J connectivity index is 1.23. The van der Waals surface area contributed by atoms with Crippen LogP contribution in [0.25, 0.3) is 5.57 Å². The third kappa shape index (κ3) is 9.54. The van der Waals surface area contributed by atoms with Crippen molar-refractivity contribution in [2.75, 3.05) is 0 Å². The van der Waals surface area contributed by atoms with Crippen molar-refractivity contribution < 1.29 is 24.1 Å². The number of rotatable bonds is 15. The Labute approximate surface area is 282 Å². The van der Waals surface area contributed by atoms with E-state index < -0.39 is 0 Å². The zero-order valence-electron chi connectivity index (χ0n) is 26.7.